The highest BCUT2D eigenvalue weighted by Crippen LogP contribution is 2.71. The molecule has 7 heteroatoms. The van der Waals surface area contributed by atoms with Crippen molar-refractivity contribution >= 4 is 5.97 Å². The average Bonchev–Trinajstić information content (AvgIpc) is 3.08. The van der Waals surface area contributed by atoms with Gasteiger partial charge in [-0.25, -0.2) is 17.6 Å². The van der Waals surface area contributed by atoms with E-state index >= 15 is 0 Å². The van der Waals surface area contributed by atoms with E-state index in [1.54, 1.807) is 13.8 Å². The zero-order valence-electron chi connectivity index (χ0n) is 15.2. The van der Waals surface area contributed by atoms with Crippen molar-refractivity contribution in [2.24, 2.45) is 16.7 Å². The molecule has 0 amide bonds. The summed E-state index contributed by atoms with van der Waals surface area (Å²) in [5.74, 6) is -8.39. The van der Waals surface area contributed by atoms with Crippen LogP contribution < -0.4 is 0 Å². The molecule has 0 saturated heterocycles. The Bertz CT molecular complexity index is 869. The van der Waals surface area contributed by atoms with Crippen molar-refractivity contribution in [1.29, 1.82) is 5.26 Å². The first-order valence-corrected chi connectivity index (χ1v) is 8.23. The summed E-state index contributed by atoms with van der Waals surface area (Å²) in [6, 6.07) is 1.87. The fourth-order valence-corrected chi connectivity index (χ4v) is 3.84. The smallest absolute Gasteiger partial charge is 0.311 e. The molecule has 1 aliphatic carbocycles. The van der Waals surface area contributed by atoms with Gasteiger partial charge >= 0.3 is 5.97 Å². The van der Waals surface area contributed by atoms with E-state index in [1.807, 2.05) is 6.07 Å². The van der Waals surface area contributed by atoms with Gasteiger partial charge in [-0.15, -0.1) is 6.58 Å². The van der Waals surface area contributed by atoms with Crippen LogP contribution in [0.4, 0.5) is 17.6 Å². The van der Waals surface area contributed by atoms with Crippen LogP contribution in [-0.4, -0.2) is 11.1 Å². The summed E-state index contributed by atoms with van der Waals surface area (Å²) in [6.45, 7) is 7.91. The van der Waals surface area contributed by atoms with E-state index in [4.69, 9.17) is 5.26 Å². The molecule has 2 rings (SSSR count). The molecule has 1 saturated carbocycles. The molecule has 1 fully saturated rings. The van der Waals surface area contributed by atoms with Crippen molar-refractivity contribution in [3.8, 4) is 6.07 Å². The predicted molar refractivity (Wildman–Crippen MR) is 90.6 cm³/mol. The number of carboxylic acids is 1. The molecule has 0 spiro atoms. The van der Waals surface area contributed by atoms with Gasteiger partial charge in [0.15, 0.2) is 23.3 Å². The van der Waals surface area contributed by atoms with Crippen LogP contribution in [0.15, 0.2) is 24.3 Å². The van der Waals surface area contributed by atoms with Gasteiger partial charge < -0.3 is 5.11 Å². The van der Waals surface area contributed by atoms with Crippen LogP contribution >= 0.6 is 0 Å². The minimum Gasteiger partial charge on any atom is -0.481 e. The van der Waals surface area contributed by atoms with Gasteiger partial charge in [0.05, 0.1) is 11.5 Å². The number of carbonyl (C=O) groups is 1. The van der Waals surface area contributed by atoms with Gasteiger partial charge in [0.1, 0.15) is 0 Å². The molecule has 2 atom stereocenters. The maximum atomic E-state index is 14.5. The van der Waals surface area contributed by atoms with Gasteiger partial charge in [-0.05, 0) is 25.2 Å². The Hall–Kier alpha value is -2.62. The third-order valence-electron chi connectivity index (χ3n) is 5.60. The number of nitriles is 1. The molecule has 0 aromatic heterocycles. The lowest BCUT2D eigenvalue weighted by Gasteiger charge is -2.18. The van der Waals surface area contributed by atoms with Crippen molar-refractivity contribution in [2.45, 2.75) is 33.6 Å². The van der Waals surface area contributed by atoms with Crippen LogP contribution in [0.25, 0.3) is 0 Å². The minimum atomic E-state index is -1.69. The first kappa shape index (κ1) is 20.7. The predicted octanol–water partition coefficient (Wildman–Crippen LogP) is 4.71. The number of aliphatic carboxylic acids is 1. The average molecular weight is 381 g/mol. The highest BCUT2D eigenvalue weighted by atomic mass is 19.2. The van der Waals surface area contributed by atoms with Crippen LogP contribution in [0.1, 0.15) is 31.9 Å². The SMILES string of the molecule is C=CCc1c(F)c(F)c(C[C@@]2(C(=O)O)C(/C=C(/C)C#N)C2(C)C)c(F)c1F. The van der Waals surface area contributed by atoms with Crippen LogP contribution in [0.2, 0.25) is 0 Å². The Balaban J connectivity index is 2.62. The lowest BCUT2D eigenvalue weighted by Crippen LogP contribution is -2.26. The fraction of sp³-hybridized carbons (Fsp3) is 0.400. The van der Waals surface area contributed by atoms with Gasteiger partial charge in [0, 0.05) is 22.6 Å². The van der Waals surface area contributed by atoms with Crippen molar-refractivity contribution in [1.82, 2.24) is 0 Å². The van der Waals surface area contributed by atoms with E-state index < -0.39 is 70.0 Å². The van der Waals surface area contributed by atoms with Gasteiger partial charge in [-0.3, -0.25) is 4.79 Å². The second kappa shape index (κ2) is 6.84. The Labute approximate surface area is 154 Å². The normalized spacial score (nSPS) is 23.6. The van der Waals surface area contributed by atoms with E-state index in [0.29, 0.717) is 0 Å². The fourth-order valence-electron chi connectivity index (χ4n) is 3.84. The van der Waals surface area contributed by atoms with Gasteiger partial charge in [-0.2, -0.15) is 5.26 Å². The van der Waals surface area contributed by atoms with Crippen LogP contribution in [-0.2, 0) is 17.6 Å². The molecule has 27 heavy (non-hydrogen) atoms. The van der Waals surface area contributed by atoms with Gasteiger partial charge in [0.2, 0.25) is 0 Å². The van der Waals surface area contributed by atoms with Crippen LogP contribution in [0, 0.1) is 51.3 Å². The number of nitrogens with zero attached hydrogens (tertiary/aromatic N) is 1. The first-order valence-electron chi connectivity index (χ1n) is 8.23. The van der Waals surface area contributed by atoms with E-state index in [1.165, 1.54) is 13.0 Å². The number of hydrogen-bond donors (Lipinski definition) is 1. The Morgan fingerprint density at radius 1 is 1.19 bits per heavy atom. The summed E-state index contributed by atoms with van der Waals surface area (Å²) >= 11 is 0. The molecule has 1 aromatic carbocycles. The lowest BCUT2D eigenvalue weighted by molar-refractivity contribution is -0.145. The summed E-state index contributed by atoms with van der Waals surface area (Å²) in [6.07, 6.45) is 1.38. The summed E-state index contributed by atoms with van der Waals surface area (Å²) in [5, 5.41) is 18.7. The zero-order valence-corrected chi connectivity index (χ0v) is 15.2. The van der Waals surface area contributed by atoms with Gasteiger partial charge in [0.25, 0.3) is 0 Å². The largest absolute Gasteiger partial charge is 0.481 e. The molecule has 1 N–H and O–H groups in total. The Morgan fingerprint density at radius 2 is 1.67 bits per heavy atom. The van der Waals surface area contributed by atoms with Crippen molar-refractivity contribution in [2.75, 3.05) is 0 Å². The lowest BCUT2D eigenvalue weighted by atomic mass is 9.87. The minimum absolute atomic E-state index is 0.246. The number of hydrogen-bond acceptors (Lipinski definition) is 2. The monoisotopic (exact) mass is 381 g/mol. The third kappa shape index (κ3) is 2.93. The van der Waals surface area contributed by atoms with Crippen molar-refractivity contribution < 1.29 is 27.5 Å². The maximum absolute atomic E-state index is 14.5. The van der Waals surface area contributed by atoms with E-state index in [0.717, 1.165) is 6.08 Å². The molecular weight excluding hydrogens is 362 g/mol. The second-order valence-corrected chi connectivity index (χ2v) is 7.32. The number of benzene rings is 1. The molecule has 1 aromatic rings. The summed E-state index contributed by atoms with van der Waals surface area (Å²) in [7, 11) is 0. The Morgan fingerprint density at radius 3 is 2.07 bits per heavy atom. The van der Waals surface area contributed by atoms with E-state index in [9.17, 15) is 27.5 Å². The number of halogens is 4. The second-order valence-electron chi connectivity index (χ2n) is 7.32. The van der Waals surface area contributed by atoms with Crippen LogP contribution in [0.5, 0.6) is 0 Å². The molecule has 0 bridgehead atoms. The molecule has 144 valence electrons. The molecule has 0 radical (unpaired) electrons. The number of rotatable bonds is 6. The van der Waals surface area contributed by atoms with Crippen molar-refractivity contribution in [3.63, 3.8) is 0 Å². The van der Waals surface area contributed by atoms with Crippen molar-refractivity contribution in [3.05, 3.63) is 58.7 Å². The topological polar surface area (TPSA) is 61.1 Å². The molecule has 1 unspecified atom stereocenters. The highest BCUT2D eigenvalue weighted by molar-refractivity contribution is 5.82. The maximum Gasteiger partial charge on any atom is 0.311 e. The highest BCUT2D eigenvalue weighted by Gasteiger charge is 2.74. The number of carboxylic acid groups (broad SMARTS) is 1. The van der Waals surface area contributed by atoms with E-state index in [2.05, 4.69) is 6.58 Å². The Kier molecular flexibility index (Phi) is 5.24. The van der Waals surface area contributed by atoms with E-state index in [-0.39, 0.29) is 5.57 Å². The molecule has 0 heterocycles. The number of allylic oxidation sites excluding steroid dienone is 3. The quantitative estimate of drug-likeness (QED) is 0.336. The zero-order chi connectivity index (χ0) is 20.7. The summed E-state index contributed by atoms with van der Waals surface area (Å²) in [5.41, 5.74) is -4.15. The molecular formula is C20H19F4NO2. The van der Waals surface area contributed by atoms with Gasteiger partial charge in [-0.1, -0.05) is 26.0 Å². The molecule has 0 aliphatic heterocycles. The first-order chi connectivity index (χ1) is 12.5. The standard InChI is InChI=1S/C20H19F4NO2/c1-5-6-11-14(21)16(23)12(17(24)15(11)22)8-20(18(26)27)13(19(20,3)4)7-10(2)9-25/h5,7,13H,1,6,8H2,2-4H3,(H,26,27)/b10-7-/t13?,20-/m0/s1. The van der Waals surface area contributed by atoms with Crippen LogP contribution in [0.3, 0.4) is 0 Å². The molecule has 1 aliphatic rings. The summed E-state index contributed by atoms with van der Waals surface area (Å²) < 4.78 is 57.4. The third-order valence-corrected chi connectivity index (χ3v) is 5.60. The summed E-state index contributed by atoms with van der Waals surface area (Å²) in [4.78, 5) is 12.0. The molecule has 3 nitrogen and oxygen atoms in total.